The third-order valence-electron chi connectivity index (χ3n) is 3.10. The van der Waals surface area contributed by atoms with Gasteiger partial charge in [0.05, 0.1) is 30.0 Å². The van der Waals surface area contributed by atoms with Gasteiger partial charge < -0.3 is 4.52 Å². The molecule has 0 spiro atoms. The number of aryl methyl sites for hydroxylation is 1. The molecule has 3 heterocycles. The topological polar surface area (TPSA) is 70.9 Å². The number of hydrogen-bond donors (Lipinski definition) is 0. The molecule has 18 heavy (non-hydrogen) atoms. The SMILES string of the molecule is Cc1cc(CN2CC(n3cc(C#N)cn3)C2)on1. The van der Waals surface area contributed by atoms with Crippen molar-refractivity contribution in [1.29, 1.82) is 5.26 Å². The highest BCUT2D eigenvalue weighted by Gasteiger charge is 2.29. The van der Waals surface area contributed by atoms with Gasteiger partial charge in [0.2, 0.25) is 0 Å². The quantitative estimate of drug-likeness (QED) is 0.807. The fraction of sp³-hybridized carbons (Fsp3) is 0.417. The maximum atomic E-state index is 8.74. The van der Waals surface area contributed by atoms with E-state index in [4.69, 9.17) is 9.78 Å². The molecule has 0 saturated carbocycles. The van der Waals surface area contributed by atoms with E-state index in [1.807, 2.05) is 17.7 Å². The number of likely N-dealkylation sites (tertiary alicyclic amines) is 1. The minimum Gasteiger partial charge on any atom is -0.360 e. The predicted molar refractivity (Wildman–Crippen MR) is 62.5 cm³/mol. The monoisotopic (exact) mass is 243 g/mol. The molecule has 6 nitrogen and oxygen atoms in total. The second-order valence-corrected chi connectivity index (χ2v) is 4.60. The Labute approximate surface area is 104 Å². The molecular weight excluding hydrogens is 230 g/mol. The molecule has 1 saturated heterocycles. The molecule has 0 unspecified atom stereocenters. The van der Waals surface area contributed by atoms with Crippen LogP contribution >= 0.6 is 0 Å². The summed E-state index contributed by atoms with van der Waals surface area (Å²) in [6.45, 7) is 4.54. The zero-order valence-electron chi connectivity index (χ0n) is 10.1. The second kappa shape index (κ2) is 4.27. The zero-order valence-corrected chi connectivity index (χ0v) is 10.1. The lowest BCUT2D eigenvalue weighted by Crippen LogP contribution is -2.47. The van der Waals surface area contributed by atoms with Crippen molar-refractivity contribution in [3.63, 3.8) is 0 Å². The number of aromatic nitrogens is 3. The first-order valence-electron chi connectivity index (χ1n) is 5.83. The Balaban J connectivity index is 1.55. The summed E-state index contributed by atoms with van der Waals surface area (Å²) >= 11 is 0. The van der Waals surface area contributed by atoms with Gasteiger partial charge in [-0.25, -0.2) is 0 Å². The Morgan fingerprint density at radius 2 is 2.39 bits per heavy atom. The van der Waals surface area contributed by atoms with Crippen LogP contribution in [0.5, 0.6) is 0 Å². The van der Waals surface area contributed by atoms with E-state index < -0.39 is 0 Å². The van der Waals surface area contributed by atoms with Crippen molar-refractivity contribution in [2.45, 2.75) is 19.5 Å². The molecule has 0 atom stereocenters. The number of nitrogens with zero attached hydrogens (tertiary/aromatic N) is 5. The van der Waals surface area contributed by atoms with Gasteiger partial charge in [0.25, 0.3) is 0 Å². The van der Waals surface area contributed by atoms with Crippen LogP contribution in [0.25, 0.3) is 0 Å². The van der Waals surface area contributed by atoms with Crippen LogP contribution in [0.2, 0.25) is 0 Å². The molecule has 0 radical (unpaired) electrons. The van der Waals surface area contributed by atoms with Crippen molar-refractivity contribution in [1.82, 2.24) is 19.8 Å². The van der Waals surface area contributed by atoms with E-state index in [1.54, 1.807) is 12.4 Å². The Morgan fingerprint density at radius 3 is 3.00 bits per heavy atom. The maximum Gasteiger partial charge on any atom is 0.150 e. The molecule has 2 aromatic rings. The fourth-order valence-corrected chi connectivity index (χ4v) is 2.15. The van der Waals surface area contributed by atoms with Crippen molar-refractivity contribution >= 4 is 0 Å². The van der Waals surface area contributed by atoms with Gasteiger partial charge in [0, 0.05) is 25.4 Å². The summed E-state index contributed by atoms with van der Waals surface area (Å²) in [7, 11) is 0. The molecule has 0 bridgehead atoms. The van der Waals surface area contributed by atoms with E-state index in [9.17, 15) is 0 Å². The minimum absolute atomic E-state index is 0.358. The van der Waals surface area contributed by atoms with Gasteiger partial charge in [-0.15, -0.1) is 0 Å². The third-order valence-corrected chi connectivity index (χ3v) is 3.10. The lowest BCUT2D eigenvalue weighted by Gasteiger charge is -2.38. The van der Waals surface area contributed by atoms with Crippen LogP contribution in [0.15, 0.2) is 23.0 Å². The molecule has 0 N–H and O–H groups in total. The average molecular weight is 243 g/mol. The maximum absolute atomic E-state index is 8.74. The van der Waals surface area contributed by atoms with Crippen LogP contribution in [0.4, 0.5) is 0 Å². The highest BCUT2D eigenvalue weighted by atomic mass is 16.5. The first kappa shape index (κ1) is 11.0. The Morgan fingerprint density at radius 1 is 1.56 bits per heavy atom. The smallest absolute Gasteiger partial charge is 0.150 e. The summed E-state index contributed by atoms with van der Waals surface area (Å²) in [5.41, 5.74) is 1.52. The summed E-state index contributed by atoms with van der Waals surface area (Å²) < 4.78 is 7.04. The standard InChI is InChI=1S/C12H13N5O/c1-9-2-12(18-15-9)8-16-6-11(7-16)17-5-10(3-13)4-14-17/h2,4-5,11H,6-8H2,1H3. The number of rotatable bonds is 3. The molecule has 2 aromatic heterocycles. The lowest BCUT2D eigenvalue weighted by molar-refractivity contribution is 0.0809. The van der Waals surface area contributed by atoms with Crippen molar-refractivity contribution in [3.8, 4) is 6.07 Å². The van der Waals surface area contributed by atoms with Crippen LogP contribution in [0.3, 0.4) is 0 Å². The van der Waals surface area contributed by atoms with Crippen LogP contribution in [0, 0.1) is 18.3 Å². The van der Waals surface area contributed by atoms with Gasteiger partial charge in [-0.05, 0) is 6.92 Å². The van der Waals surface area contributed by atoms with Crippen LogP contribution in [-0.4, -0.2) is 32.9 Å². The van der Waals surface area contributed by atoms with Crippen molar-refractivity contribution in [2.24, 2.45) is 0 Å². The third kappa shape index (κ3) is 2.00. The van der Waals surface area contributed by atoms with Gasteiger partial charge >= 0.3 is 0 Å². The highest BCUT2D eigenvalue weighted by Crippen LogP contribution is 2.22. The molecule has 0 aromatic carbocycles. The summed E-state index contributed by atoms with van der Waals surface area (Å²) in [5, 5.41) is 16.8. The predicted octanol–water partition coefficient (Wildman–Crippen LogP) is 1.11. The first-order valence-corrected chi connectivity index (χ1v) is 5.83. The summed E-state index contributed by atoms with van der Waals surface area (Å²) in [6, 6.07) is 4.39. The Bertz CT molecular complexity index is 588. The first-order chi connectivity index (χ1) is 8.74. The van der Waals surface area contributed by atoms with Gasteiger partial charge in [-0.3, -0.25) is 9.58 Å². The van der Waals surface area contributed by atoms with E-state index in [0.29, 0.717) is 11.6 Å². The van der Waals surface area contributed by atoms with E-state index in [-0.39, 0.29) is 0 Å². The van der Waals surface area contributed by atoms with E-state index in [1.165, 1.54) is 0 Å². The van der Waals surface area contributed by atoms with Crippen LogP contribution < -0.4 is 0 Å². The lowest BCUT2D eigenvalue weighted by atomic mass is 10.1. The molecule has 0 amide bonds. The van der Waals surface area contributed by atoms with E-state index in [0.717, 1.165) is 31.1 Å². The molecule has 6 heteroatoms. The zero-order chi connectivity index (χ0) is 12.5. The fourth-order valence-electron chi connectivity index (χ4n) is 2.15. The van der Waals surface area contributed by atoms with Gasteiger partial charge in [-0.2, -0.15) is 10.4 Å². The van der Waals surface area contributed by atoms with Gasteiger partial charge in [-0.1, -0.05) is 5.16 Å². The van der Waals surface area contributed by atoms with Crippen molar-refractivity contribution in [3.05, 3.63) is 35.5 Å². The molecule has 1 aliphatic rings. The normalized spacial score (nSPS) is 16.4. The van der Waals surface area contributed by atoms with Crippen LogP contribution in [-0.2, 0) is 6.54 Å². The van der Waals surface area contributed by atoms with Gasteiger partial charge in [0.15, 0.2) is 5.76 Å². The number of nitriles is 1. The highest BCUT2D eigenvalue weighted by molar-refractivity contribution is 5.22. The molecule has 1 fully saturated rings. The van der Waals surface area contributed by atoms with Gasteiger partial charge in [0.1, 0.15) is 6.07 Å². The van der Waals surface area contributed by atoms with E-state index in [2.05, 4.69) is 21.2 Å². The van der Waals surface area contributed by atoms with Crippen molar-refractivity contribution < 1.29 is 4.52 Å². The number of hydrogen-bond acceptors (Lipinski definition) is 5. The Kier molecular flexibility index (Phi) is 2.61. The van der Waals surface area contributed by atoms with Crippen LogP contribution in [0.1, 0.15) is 23.1 Å². The second-order valence-electron chi connectivity index (χ2n) is 4.60. The van der Waals surface area contributed by atoms with Crippen molar-refractivity contribution in [2.75, 3.05) is 13.1 Å². The Hall–Kier alpha value is -2.13. The van der Waals surface area contributed by atoms with E-state index >= 15 is 0 Å². The average Bonchev–Trinajstić information content (AvgIpc) is 2.91. The summed E-state index contributed by atoms with van der Waals surface area (Å²) in [5.74, 6) is 0.893. The molecule has 0 aliphatic carbocycles. The molecule has 3 rings (SSSR count). The molecular formula is C12H13N5O. The molecule has 92 valence electrons. The molecule has 1 aliphatic heterocycles. The summed E-state index contributed by atoms with van der Waals surface area (Å²) in [4.78, 5) is 2.26. The largest absolute Gasteiger partial charge is 0.360 e. The summed E-state index contributed by atoms with van der Waals surface area (Å²) in [6.07, 6.45) is 3.39. The minimum atomic E-state index is 0.358.